The summed E-state index contributed by atoms with van der Waals surface area (Å²) in [6.45, 7) is 3.29. The predicted octanol–water partition coefficient (Wildman–Crippen LogP) is 3.71. The Morgan fingerprint density at radius 3 is 2.61 bits per heavy atom. The molecule has 28 heavy (non-hydrogen) atoms. The van der Waals surface area contributed by atoms with Crippen LogP contribution in [-0.2, 0) is 13.0 Å². The van der Waals surface area contributed by atoms with Gasteiger partial charge in [0.05, 0.1) is 19.1 Å². The first-order valence-corrected chi connectivity index (χ1v) is 10.2. The van der Waals surface area contributed by atoms with Gasteiger partial charge in [0.15, 0.2) is 11.5 Å². The molecule has 146 valence electrons. The Labute approximate surface area is 168 Å². The van der Waals surface area contributed by atoms with E-state index < -0.39 is 0 Å². The lowest BCUT2D eigenvalue weighted by molar-refractivity contribution is 0.0951. The first-order valence-electron chi connectivity index (χ1n) is 9.41. The van der Waals surface area contributed by atoms with E-state index in [2.05, 4.69) is 22.3 Å². The van der Waals surface area contributed by atoms with Gasteiger partial charge >= 0.3 is 0 Å². The SMILES string of the molecule is COc1cc2c(cc1OC)CN(CCNC(=O)c1cc3ccccc3s1)CC2. The summed E-state index contributed by atoms with van der Waals surface area (Å²) in [6, 6.07) is 14.2. The van der Waals surface area contributed by atoms with Crippen molar-refractivity contribution in [1.82, 2.24) is 10.2 Å². The van der Waals surface area contributed by atoms with Gasteiger partial charge in [-0.1, -0.05) is 18.2 Å². The number of fused-ring (bicyclic) bond motifs is 2. The number of hydrogen-bond donors (Lipinski definition) is 1. The van der Waals surface area contributed by atoms with Gasteiger partial charge in [0.1, 0.15) is 0 Å². The number of rotatable bonds is 6. The zero-order chi connectivity index (χ0) is 19.5. The molecule has 4 rings (SSSR count). The fourth-order valence-electron chi connectivity index (χ4n) is 3.64. The van der Waals surface area contributed by atoms with Crippen LogP contribution in [0.1, 0.15) is 20.8 Å². The molecule has 0 spiro atoms. The fourth-order valence-corrected chi connectivity index (χ4v) is 4.62. The van der Waals surface area contributed by atoms with E-state index in [1.54, 1.807) is 14.2 Å². The minimum atomic E-state index is 0.00464. The van der Waals surface area contributed by atoms with Crippen LogP contribution in [0.3, 0.4) is 0 Å². The van der Waals surface area contributed by atoms with Crippen molar-refractivity contribution in [3.8, 4) is 11.5 Å². The van der Waals surface area contributed by atoms with Crippen LogP contribution in [-0.4, -0.2) is 44.7 Å². The smallest absolute Gasteiger partial charge is 0.261 e. The predicted molar refractivity (Wildman–Crippen MR) is 113 cm³/mol. The summed E-state index contributed by atoms with van der Waals surface area (Å²) in [4.78, 5) is 15.6. The number of methoxy groups -OCH3 is 2. The van der Waals surface area contributed by atoms with Crippen LogP contribution in [0.15, 0.2) is 42.5 Å². The standard InChI is InChI=1S/C22H24N2O3S/c1-26-18-11-15-7-9-24(14-17(15)12-19(18)27-2)10-8-23-22(25)21-13-16-5-3-4-6-20(16)28-21/h3-6,11-13H,7-10,14H2,1-2H3,(H,23,25). The maximum atomic E-state index is 12.5. The van der Waals surface area contributed by atoms with Crippen molar-refractivity contribution in [3.63, 3.8) is 0 Å². The highest BCUT2D eigenvalue weighted by Gasteiger charge is 2.19. The molecule has 0 saturated carbocycles. The van der Waals surface area contributed by atoms with Crippen LogP contribution in [0.25, 0.3) is 10.1 Å². The van der Waals surface area contributed by atoms with E-state index in [0.29, 0.717) is 6.54 Å². The van der Waals surface area contributed by atoms with Crippen LogP contribution in [0.2, 0.25) is 0 Å². The molecule has 0 fully saturated rings. The molecule has 2 heterocycles. The Balaban J connectivity index is 1.34. The van der Waals surface area contributed by atoms with Crippen molar-refractivity contribution in [1.29, 1.82) is 0 Å². The average Bonchev–Trinajstić information content (AvgIpc) is 3.17. The molecule has 0 bridgehead atoms. The lowest BCUT2D eigenvalue weighted by Crippen LogP contribution is -2.37. The van der Waals surface area contributed by atoms with Crippen molar-refractivity contribution in [3.05, 3.63) is 58.5 Å². The van der Waals surface area contributed by atoms with Gasteiger partial charge in [-0.2, -0.15) is 0 Å². The Morgan fingerprint density at radius 2 is 1.86 bits per heavy atom. The number of hydrogen-bond acceptors (Lipinski definition) is 5. The van der Waals surface area contributed by atoms with Gasteiger partial charge in [-0.3, -0.25) is 9.69 Å². The van der Waals surface area contributed by atoms with E-state index in [0.717, 1.165) is 52.5 Å². The van der Waals surface area contributed by atoms with Crippen LogP contribution < -0.4 is 14.8 Å². The van der Waals surface area contributed by atoms with E-state index in [1.807, 2.05) is 30.3 Å². The summed E-state index contributed by atoms with van der Waals surface area (Å²) in [5.41, 5.74) is 2.57. The quantitative estimate of drug-likeness (QED) is 0.690. The third kappa shape index (κ3) is 3.84. The number of thiophene rings is 1. The van der Waals surface area contributed by atoms with Gasteiger partial charge < -0.3 is 14.8 Å². The van der Waals surface area contributed by atoms with E-state index in [4.69, 9.17) is 9.47 Å². The largest absolute Gasteiger partial charge is 0.493 e. The summed E-state index contributed by atoms with van der Waals surface area (Å²) >= 11 is 1.54. The van der Waals surface area contributed by atoms with E-state index in [1.165, 1.54) is 22.5 Å². The zero-order valence-electron chi connectivity index (χ0n) is 16.2. The summed E-state index contributed by atoms with van der Waals surface area (Å²) in [5.74, 6) is 1.55. The Hall–Kier alpha value is -2.57. The van der Waals surface area contributed by atoms with Crippen molar-refractivity contribution in [2.75, 3.05) is 33.9 Å². The second-order valence-electron chi connectivity index (χ2n) is 6.91. The Bertz CT molecular complexity index is 966. The number of nitrogens with one attached hydrogen (secondary N) is 1. The lowest BCUT2D eigenvalue weighted by Gasteiger charge is -2.29. The minimum absolute atomic E-state index is 0.00464. The summed E-state index contributed by atoms with van der Waals surface area (Å²) in [5, 5.41) is 4.18. The Kier molecular flexibility index (Phi) is 5.50. The molecule has 1 aromatic heterocycles. The molecule has 1 amide bonds. The summed E-state index contributed by atoms with van der Waals surface area (Å²) < 4.78 is 12.0. The fraction of sp³-hybridized carbons (Fsp3) is 0.318. The number of ether oxygens (including phenoxy) is 2. The van der Waals surface area contributed by atoms with Gasteiger partial charge in [0, 0.05) is 30.9 Å². The van der Waals surface area contributed by atoms with Gasteiger partial charge in [-0.15, -0.1) is 11.3 Å². The molecule has 2 aromatic carbocycles. The maximum Gasteiger partial charge on any atom is 0.261 e. The first kappa shape index (κ1) is 18.8. The molecular formula is C22H24N2O3S. The van der Waals surface area contributed by atoms with Crippen LogP contribution in [0, 0.1) is 0 Å². The highest BCUT2D eigenvalue weighted by atomic mass is 32.1. The number of carbonyl (C=O) groups is 1. The van der Waals surface area contributed by atoms with Gasteiger partial charge in [0.25, 0.3) is 5.91 Å². The summed E-state index contributed by atoms with van der Waals surface area (Å²) in [6.07, 6.45) is 0.972. The van der Waals surface area contributed by atoms with Crippen LogP contribution >= 0.6 is 11.3 Å². The molecule has 0 saturated heterocycles. The monoisotopic (exact) mass is 396 g/mol. The molecule has 1 aliphatic heterocycles. The zero-order valence-corrected chi connectivity index (χ0v) is 17.0. The number of amides is 1. The highest BCUT2D eigenvalue weighted by molar-refractivity contribution is 7.20. The first-order chi connectivity index (χ1) is 13.7. The molecule has 3 aromatic rings. The molecule has 0 aliphatic carbocycles. The van der Waals surface area contributed by atoms with Gasteiger partial charge in [-0.05, 0) is 47.2 Å². The maximum absolute atomic E-state index is 12.5. The number of benzene rings is 2. The van der Waals surface area contributed by atoms with Crippen molar-refractivity contribution in [2.45, 2.75) is 13.0 Å². The van der Waals surface area contributed by atoms with Gasteiger partial charge in [0.2, 0.25) is 0 Å². The molecule has 1 N–H and O–H groups in total. The lowest BCUT2D eigenvalue weighted by atomic mass is 9.99. The van der Waals surface area contributed by atoms with E-state index in [-0.39, 0.29) is 5.91 Å². The Morgan fingerprint density at radius 1 is 1.11 bits per heavy atom. The third-order valence-corrected chi connectivity index (χ3v) is 6.27. The highest BCUT2D eigenvalue weighted by Crippen LogP contribution is 2.33. The van der Waals surface area contributed by atoms with Crippen molar-refractivity contribution >= 4 is 27.3 Å². The summed E-state index contributed by atoms with van der Waals surface area (Å²) in [7, 11) is 3.33. The molecule has 0 unspecified atom stereocenters. The number of carbonyl (C=O) groups excluding carboxylic acids is 1. The van der Waals surface area contributed by atoms with Crippen LogP contribution in [0.4, 0.5) is 0 Å². The van der Waals surface area contributed by atoms with E-state index in [9.17, 15) is 4.79 Å². The molecular weight excluding hydrogens is 372 g/mol. The van der Waals surface area contributed by atoms with Crippen LogP contribution in [0.5, 0.6) is 11.5 Å². The molecule has 0 atom stereocenters. The second-order valence-corrected chi connectivity index (χ2v) is 7.99. The number of nitrogens with zero attached hydrogens (tertiary/aromatic N) is 1. The normalized spacial score (nSPS) is 13.9. The van der Waals surface area contributed by atoms with Crippen molar-refractivity contribution in [2.24, 2.45) is 0 Å². The average molecular weight is 397 g/mol. The van der Waals surface area contributed by atoms with E-state index >= 15 is 0 Å². The third-order valence-electron chi connectivity index (χ3n) is 5.16. The molecule has 1 aliphatic rings. The molecule has 5 nitrogen and oxygen atoms in total. The topological polar surface area (TPSA) is 50.8 Å². The van der Waals surface area contributed by atoms with Crippen molar-refractivity contribution < 1.29 is 14.3 Å². The second kappa shape index (κ2) is 8.20. The molecule has 6 heteroatoms. The molecule has 0 radical (unpaired) electrons. The minimum Gasteiger partial charge on any atom is -0.493 e. The van der Waals surface area contributed by atoms with Gasteiger partial charge in [-0.25, -0.2) is 0 Å².